The molecule has 2 N–H and O–H groups in total. The van der Waals surface area contributed by atoms with Crippen LogP contribution in [0.1, 0.15) is 56.7 Å². The summed E-state index contributed by atoms with van der Waals surface area (Å²) >= 11 is 0. The molecule has 1 aliphatic rings. The monoisotopic (exact) mass is 401 g/mol. The van der Waals surface area contributed by atoms with E-state index in [1.807, 2.05) is 17.8 Å². The zero-order chi connectivity index (χ0) is 20.6. The third-order valence-corrected chi connectivity index (χ3v) is 5.68. The smallest absolute Gasteiger partial charge is 0.223 e. The molecule has 2 amide bonds. The van der Waals surface area contributed by atoms with E-state index in [0.717, 1.165) is 49.9 Å². The fourth-order valence-electron chi connectivity index (χ4n) is 3.85. The highest BCUT2D eigenvalue weighted by Crippen LogP contribution is 2.24. The summed E-state index contributed by atoms with van der Waals surface area (Å²) in [6.07, 6.45) is 9.50. The number of nitrogens with zero attached hydrogens (tertiary/aromatic N) is 5. The molecule has 29 heavy (non-hydrogen) atoms. The highest BCUT2D eigenvalue weighted by Gasteiger charge is 2.27. The maximum Gasteiger partial charge on any atom is 0.223 e. The van der Waals surface area contributed by atoms with Gasteiger partial charge in [0.15, 0.2) is 0 Å². The zero-order valence-electron chi connectivity index (χ0n) is 17.3. The molecule has 0 saturated heterocycles. The fourth-order valence-corrected chi connectivity index (χ4v) is 3.85. The molecule has 1 aliphatic carbocycles. The van der Waals surface area contributed by atoms with E-state index in [-0.39, 0.29) is 23.8 Å². The van der Waals surface area contributed by atoms with Gasteiger partial charge in [0, 0.05) is 49.3 Å². The molecule has 3 rings (SSSR count). The number of rotatable bonds is 9. The summed E-state index contributed by atoms with van der Waals surface area (Å²) in [7, 11) is 0. The van der Waals surface area contributed by atoms with E-state index >= 15 is 0 Å². The average molecular weight is 402 g/mol. The summed E-state index contributed by atoms with van der Waals surface area (Å²) in [5.74, 6) is 0.199. The minimum Gasteiger partial charge on any atom is -0.353 e. The summed E-state index contributed by atoms with van der Waals surface area (Å²) in [5.41, 5.74) is 2.16. The van der Waals surface area contributed by atoms with Crippen molar-refractivity contribution in [3.8, 4) is 0 Å². The van der Waals surface area contributed by atoms with Crippen LogP contribution in [0.15, 0.2) is 18.9 Å². The second-order valence-electron chi connectivity index (χ2n) is 7.67. The lowest BCUT2D eigenvalue weighted by molar-refractivity contribution is -0.126. The Bertz CT molecular complexity index is 792. The van der Waals surface area contributed by atoms with Crippen LogP contribution in [0.25, 0.3) is 0 Å². The molecule has 0 aliphatic heterocycles. The Kier molecular flexibility index (Phi) is 7.37. The van der Waals surface area contributed by atoms with Gasteiger partial charge in [0.05, 0.1) is 6.20 Å². The number of nitrogens with one attached hydrogen (secondary N) is 2. The van der Waals surface area contributed by atoms with Crippen molar-refractivity contribution in [3.05, 3.63) is 30.1 Å². The summed E-state index contributed by atoms with van der Waals surface area (Å²) in [5, 5.41) is 14.5. The maximum absolute atomic E-state index is 12.5. The van der Waals surface area contributed by atoms with Crippen LogP contribution in [0, 0.1) is 12.8 Å². The van der Waals surface area contributed by atoms with Crippen molar-refractivity contribution >= 4 is 11.8 Å². The standard InChI is InChI=1S/C20H31N7O2/c1-3-27-15(2)17(12-23-27)11-22-20(29)16-6-8-18(9-7-16)25-19(28)5-4-10-26-14-21-13-24-26/h12-14,16,18H,3-11H2,1-2H3,(H,22,29)(H,25,28). The average Bonchev–Trinajstić information content (AvgIpc) is 3.36. The molecule has 0 unspecified atom stereocenters. The Hall–Kier alpha value is -2.71. The molecule has 0 radical (unpaired) electrons. The third kappa shape index (κ3) is 5.88. The van der Waals surface area contributed by atoms with Gasteiger partial charge in [-0.25, -0.2) is 4.98 Å². The van der Waals surface area contributed by atoms with Crippen LogP contribution in [-0.4, -0.2) is 42.4 Å². The number of hydrogen-bond acceptors (Lipinski definition) is 5. The van der Waals surface area contributed by atoms with Crippen LogP contribution in [0.4, 0.5) is 0 Å². The Morgan fingerprint density at radius 1 is 1.21 bits per heavy atom. The van der Waals surface area contributed by atoms with Gasteiger partial charge in [-0.3, -0.25) is 19.0 Å². The zero-order valence-corrected chi connectivity index (χ0v) is 17.3. The van der Waals surface area contributed by atoms with Gasteiger partial charge in [-0.15, -0.1) is 0 Å². The molecule has 2 aromatic rings. The highest BCUT2D eigenvalue weighted by atomic mass is 16.2. The largest absolute Gasteiger partial charge is 0.353 e. The summed E-state index contributed by atoms with van der Waals surface area (Å²) in [4.78, 5) is 28.5. The summed E-state index contributed by atoms with van der Waals surface area (Å²) < 4.78 is 3.66. The number of amides is 2. The molecule has 0 aromatic carbocycles. The van der Waals surface area contributed by atoms with Crippen LogP contribution in [0.2, 0.25) is 0 Å². The first kappa shape index (κ1) is 21.0. The van der Waals surface area contributed by atoms with E-state index < -0.39 is 0 Å². The van der Waals surface area contributed by atoms with Gasteiger partial charge in [-0.2, -0.15) is 10.2 Å². The maximum atomic E-state index is 12.5. The lowest BCUT2D eigenvalue weighted by Crippen LogP contribution is -2.40. The summed E-state index contributed by atoms with van der Waals surface area (Å²) in [6, 6.07) is 0.169. The molecular formula is C20H31N7O2. The van der Waals surface area contributed by atoms with Crippen molar-refractivity contribution in [2.45, 2.75) is 78.0 Å². The van der Waals surface area contributed by atoms with E-state index in [1.54, 1.807) is 11.0 Å². The lowest BCUT2D eigenvalue weighted by Gasteiger charge is -2.28. The molecule has 0 atom stereocenters. The van der Waals surface area contributed by atoms with Crippen LogP contribution in [0.3, 0.4) is 0 Å². The van der Waals surface area contributed by atoms with Crippen molar-refractivity contribution < 1.29 is 9.59 Å². The van der Waals surface area contributed by atoms with Crippen molar-refractivity contribution in [2.24, 2.45) is 5.92 Å². The van der Waals surface area contributed by atoms with Crippen molar-refractivity contribution in [1.82, 2.24) is 35.2 Å². The Morgan fingerprint density at radius 2 is 2.00 bits per heavy atom. The predicted octanol–water partition coefficient (Wildman–Crippen LogP) is 1.57. The van der Waals surface area contributed by atoms with Crippen LogP contribution < -0.4 is 10.6 Å². The van der Waals surface area contributed by atoms with E-state index in [4.69, 9.17) is 0 Å². The van der Waals surface area contributed by atoms with Gasteiger partial charge in [0.2, 0.25) is 11.8 Å². The molecule has 9 nitrogen and oxygen atoms in total. The summed E-state index contributed by atoms with van der Waals surface area (Å²) in [6.45, 7) is 6.12. The minimum absolute atomic E-state index is 0.0250. The van der Waals surface area contributed by atoms with Gasteiger partial charge in [0.1, 0.15) is 12.7 Å². The first-order valence-electron chi connectivity index (χ1n) is 10.5. The number of aryl methyl sites for hydroxylation is 2. The van der Waals surface area contributed by atoms with Gasteiger partial charge in [-0.1, -0.05) is 0 Å². The van der Waals surface area contributed by atoms with Gasteiger partial charge >= 0.3 is 0 Å². The second kappa shape index (κ2) is 10.2. The van der Waals surface area contributed by atoms with E-state index in [2.05, 4.69) is 32.7 Å². The minimum atomic E-state index is 0.0250. The molecule has 9 heteroatoms. The molecule has 1 saturated carbocycles. The SMILES string of the molecule is CCn1ncc(CNC(=O)C2CCC(NC(=O)CCCn3cncn3)CC2)c1C. The van der Waals surface area contributed by atoms with Gasteiger partial charge < -0.3 is 10.6 Å². The molecule has 1 fully saturated rings. The number of aromatic nitrogens is 5. The molecule has 158 valence electrons. The van der Waals surface area contributed by atoms with Gasteiger partial charge in [0.25, 0.3) is 0 Å². The third-order valence-electron chi connectivity index (χ3n) is 5.68. The Morgan fingerprint density at radius 3 is 2.66 bits per heavy atom. The van der Waals surface area contributed by atoms with Crippen LogP contribution in [0.5, 0.6) is 0 Å². The van der Waals surface area contributed by atoms with Gasteiger partial charge in [-0.05, 0) is 46.0 Å². The van der Waals surface area contributed by atoms with Crippen LogP contribution in [-0.2, 0) is 29.2 Å². The van der Waals surface area contributed by atoms with E-state index in [9.17, 15) is 9.59 Å². The molecule has 2 heterocycles. The topological polar surface area (TPSA) is 107 Å². The first-order chi connectivity index (χ1) is 14.1. The molecule has 0 spiro atoms. The van der Waals surface area contributed by atoms with Crippen LogP contribution >= 0.6 is 0 Å². The molecule has 0 bridgehead atoms. The number of carbonyl (C=O) groups is 2. The number of carbonyl (C=O) groups excluding carboxylic acids is 2. The molecular weight excluding hydrogens is 370 g/mol. The Labute approximate surface area is 171 Å². The fraction of sp³-hybridized carbons (Fsp3) is 0.650. The van der Waals surface area contributed by atoms with Crippen molar-refractivity contribution in [1.29, 1.82) is 0 Å². The van der Waals surface area contributed by atoms with Crippen molar-refractivity contribution in [3.63, 3.8) is 0 Å². The van der Waals surface area contributed by atoms with Crippen molar-refractivity contribution in [2.75, 3.05) is 0 Å². The highest BCUT2D eigenvalue weighted by molar-refractivity contribution is 5.79. The predicted molar refractivity (Wildman–Crippen MR) is 108 cm³/mol. The lowest BCUT2D eigenvalue weighted by atomic mass is 9.85. The number of hydrogen-bond donors (Lipinski definition) is 2. The quantitative estimate of drug-likeness (QED) is 0.663. The van der Waals surface area contributed by atoms with E-state index in [0.29, 0.717) is 19.5 Å². The van der Waals surface area contributed by atoms with E-state index in [1.165, 1.54) is 6.33 Å². The normalized spacial score (nSPS) is 19.1. The molecule has 2 aromatic heterocycles. The second-order valence-corrected chi connectivity index (χ2v) is 7.67. The first-order valence-corrected chi connectivity index (χ1v) is 10.5. The Balaban J connectivity index is 1.33.